The van der Waals surface area contributed by atoms with Gasteiger partial charge in [0.2, 0.25) is 0 Å². The fourth-order valence-corrected chi connectivity index (χ4v) is 2.36. The van der Waals surface area contributed by atoms with Gasteiger partial charge in [-0.1, -0.05) is 32.0 Å². The van der Waals surface area contributed by atoms with Gasteiger partial charge in [-0.2, -0.15) is 0 Å². The van der Waals surface area contributed by atoms with E-state index >= 15 is 0 Å². The van der Waals surface area contributed by atoms with Crippen molar-refractivity contribution in [1.82, 2.24) is 5.32 Å². The molecule has 0 spiro atoms. The van der Waals surface area contributed by atoms with E-state index in [0.717, 1.165) is 6.54 Å². The molecular formula is C18H31N. The first-order valence-electron chi connectivity index (χ1n) is 7.51. The highest BCUT2D eigenvalue weighted by atomic mass is 14.9. The number of benzene rings is 1. The maximum Gasteiger partial charge on any atom is 0.00966 e. The zero-order valence-electron chi connectivity index (χ0n) is 13.8. The minimum atomic E-state index is 0.215. The van der Waals surface area contributed by atoms with Crippen molar-refractivity contribution in [2.45, 2.75) is 60.4 Å². The SMILES string of the molecule is Cc1cccc(C)c1CC(C)C(C)CNC(C)(C)C. The van der Waals surface area contributed by atoms with Gasteiger partial charge in [0.05, 0.1) is 0 Å². The van der Waals surface area contributed by atoms with E-state index < -0.39 is 0 Å². The van der Waals surface area contributed by atoms with Crippen molar-refractivity contribution in [1.29, 1.82) is 0 Å². The molecule has 0 bridgehead atoms. The molecule has 1 rings (SSSR count). The van der Waals surface area contributed by atoms with Crippen LogP contribution in [0.25, 0.3) is 0 Å². The smallest absolute Gasteiger partial charge is 0.00966 e. The Morgan fingerprint density at radius 2 is 1.53 bits per heavy atom. The van der Waals surface area contributed by atoms with Crippen LogP contribution in [0, 0.1) is 25.7 Å². The summed E-state index contributed by atoms with van der Waals surface area (Å²) >= 11 is 0. The highest BCUT2D eigenvalue weighted by Crippen LogP contribution is 2.22. The minimum absolute atomic E-state index is 0.215. The number of hydrogen-bond acceptors (Lipinski definition) is 1. The van der Waals surface area contributed by atoms with Crippen LogP contribution in [0.2, 0.25) is 0 Å². The van der Waals surface area contributed by atoms with E-state index in [0.29, 0.717) is 11.8 Å². The third-order valence-corrected chi connectivity index (χ3v) is 4.10. The van der Waals surface area contributed by atoms with E-state index in [1.165, 1.54) is 23.1 Å². The summed E-state index contributed by atoms with van der Waals surface area (Å²) in [6.45, 7) is 17.0. The maximum absolute atomic E-state index is 3.62. The average molecular weight is 261 g/mol. The second-order valence-corrected chi connectivity index (χ2v) is 7.16. The molecule has 19 heavy (non-hydrogen) atoms. The molecule has 108 valence electrons. The molecule has 0 aliphatic carbocycles. The molecule has 0 aliphatic rings. The maximum atomic E-state index is 3.62. The van der Waals surface area contributed by atoms with Crippen LogP contribution in [-0.2, 0) is 6.42 Å². The molecule has 1 N–H and O–H groups in total. The van der Waals surface area contributed by atoms with Crippen molar-refractivity contribution in [3.8, 4) is 0 Å². The third-order valence-electron chi connectivity index (χ3n) is 4.10. The topological polar surface area (TPSA) is 12.0 Å². The van der Waals surface area contributed by atoms with Crippen molar-refractivity contribution in [3.05, 3.63) is 34.9 Å². The summed E-state index contributed by atoms with van der Waals surface area (Å²) in [6, 6.07) is 6.61. The predicted octanol–water partition coefficient (Wildman–Crippen LogP) is 4.51. The molecule has 1 aromatic rings. The summed E-state index contributed by atoms with van der Waals surface area (Å²) in [7, 11) is 0. The van der Waals surface area contributed by atoms with E-state index in [1.807, 2.05) is 0 Å². The summed E-state index contributed by atoms with van der Waals surface area (Å²) in [5.41, 5.74) is 4.62. The molecule has 0 heterocycles. The lowest BCUT2D eigenvalue weighted by molar-refractivity contribution is 0.317. The molecule has 0 saturated carbocycles. The van der Waals surface area contributed by atoms with E-state index in [1.54, 1.807) is 0 Å². The zero-order chi connectivity index (χ0) is 14.6. The molecule has 0 amide bonds. The molecule has 1 aromatic carbocycles. The van der Waals surface area contributed by atoms with Gasteiger partial charge in [-0.25, -0.2) is 0 Å². The van der Waals surface area contributed by atoms with Crippen LogP contribution in [0.5, 0.6) is 0 Å². The Labute approximate surface area is 119 Å². The van der Waals surface area contributed by atoms with Gasteiger partial charge in [0.15, 0.2) is 0 Å². The van der Waals surface area contributed by atoms with Gasteiger partial charge in [0, 0.05) is 5.54 Å². The molecule has 0 aliphatic heterocycles. The lowest BCUT2D eigenvalue weighted by Crippen LogP contribution is -2.40. The molecule has 0 fully saturated rings. The first-order chi connectivity index (χ1) is 8.70. The zero-order valence-corrected chi connectivity index (χ0v) is 13.8. The Hall–Kier alpha value is -0.820. The van der Waals surface area contributed by atoms with Crippen molar-refractivity contribution >= 4 is 0 Å². The molecule has 0 saturated heterocycles. The standard InChI is InChI=1S/C18H31N/c1-13-9-8-10-14(2)17(13)11-15(3)16(4)12-19-18(5,6)7/h8-10,15-16,19H,11-12H2,1-7H3. The molecule has 0 aromatic heterocycles. The van der Waals surface area contributed by atoms with Crippen LogP contribution in [0.3, 0.4) is 0 Å². The van der Waals surface area contributed by atoms with Crippen LogP contribution in [0.4, 0.5) is 0 Å². The monoisotopic (exact) mass is 261 g/mol. The minimum Gasteiger partial charge on any atom is -0.312 e. The van der Waals surface area contributed by atoms with E-state index in [4.69, 9.17) is 0 Å². The summed E-state index contributed by atoms with van der Waals surface area (Å²) in [5, 5.41) is 3.62. The number of nitrogens with one attached hydrogen (secondary N) is 1. The highest BCUT2D eigenvalue weighted by molar-refractivity contribution is 5.33. The molecule has 1 nitrogen and oxygen atoms in total. The Bertz CT molecular complexity index is 380. The summed E-state index contributed by atoms with van der Waals surface area (Å²) < 4.78 is 0. The summed E-state index contributed by atoms with van der Waals surface area (Å²) in [5.74, 6) is 1.40. The number of rotatable bonds is 5. The Morgan fingerprint density at radius 3 is 2.00 bits per heavy atom. The van der Waals surface area contributed by atoms with Gasteiger partial charge in [0.1, 0.15) is 0 Å². The van der Waals surface area contributed by atoms with E-state index in [2.05, 4.69) is 72.0 Å². The number of hydrogen-bond donors (Lipinski definition) is 1. The van der Waals surface area contributed by atoms with Crippen LogP contribution in [-0.4, -0.2) is 12.1 Å². The third kappa shape index (κ3) is 5.36. The molecule has 2 unspecified atom stereocenters. The van der Waals surface area contributed by atoms with Crippen molar-refractivity contribution in [2.24, 2.45) is 11.8 Å². The van der Waals surface area contributed by atoms with Crippen LogP contribution < -0.4 is 5.32 Å². The van der Waals surface area contributed by atoms with Gasteiger partial charge in [-0.15, -0.1) is 0 Å². The highest BCUT2D eigenvalue weighted by Gasteiger charge is 2.17. The van der Waals surface area contributed by atoms with Crippen molar-refractivity contribution in [2.75, 3.05) is 6.54 Å². The Kier molecular flexibility index (Phi) is 5.61. The van der Waals surface area contributed by atoms with Gasteiger partial charge in [0.25, 0.3) is 0 Å². The van der Waals surface area contributed by atoms with E-state index in [9.17, 15) is 0 Å². The van der Waals surface area contributed by atoms with Crippen LogP contribution in [0.1, 0.15) is 51.3 Å². The molecule has 0 radical (unpaired) electrons. The fourth-order valence-electron chi connectivity index (χ4n) is 2.36. The van der Waals surface area contributed by atoms with Gasteiger partial charge in [-0.05, 0) is 76.1 Å². The number of aryl methyl sites for hydroxylation is 2. The molecule has 2 atom stereocenters. The quantitative estimate of drug-likeness (QED) is 0.822. The van der Waals surface area contributed by atoms with Gasteiger partial charge >= 0.3 is 0 Å². The molecular weight excluding hydrogens is 230 g/mol. The second kappa shape index (κ2) is 6.56. The van der Waals surface area contributed by atoms with Crippen LogP contribution in [0.15, 0.2) is 18.2 Å². The largest absolute Gasteiger partial charge is 0.312 e. The predicted molar refractivity (Wildman–Crippen MR) is 85.7 cm³/mol. The first kappa shape index (κ1) is 16.2. The summed E-state index contributed by atoms with van der Waals surface area (Å²) in [4.78, 5) is 0. The van der Waals surface area contributed by atoms with Gasteiger partial charge < -0.3 is 5.32 Å². The Morgan fingerprint density at radius 1 is 1.00 bits per heavy atom. The van der Waals surface area contributed by atoms with Gasteiger partial charge in [-0.3, -0.25) is 0 Å². The molecule has 1 heteroatoms. The van der Waals surface area contributed by atoms with Crippen LogP contribution >= 0.6 is 0 Å². The lowest BCUT2D eigenvalue weighted by Gasteiger charge is -2.27. The van der Waals surface area contributed by atoms with Crippen molar-refractivity contribution in [3.63, 3.8) is 0 Å². The van der Waals surface area contributed by atoms with E-state index in [-0.39, 0.29) is 5.54 Å². The summed E-state index contributed by atoms with van der Waals surface area (Å²) in [6.07, 6.45) is 1.19. The lowest BCUT2D eigenvalue weighted by atomic mass is 9.86. The fraction of sp³-hybridized carbons (Fsp3) is 0.667. The normalized spacial score (nSPS) is 15.3. The first-order valence-corrected chi connectivity index (χ1v) is 7.51. The second-order valence-electron chi connectivity index (χ2n) is 7.16. The van der Waals surface area contributed by atoms with Crippen molar-refractivity contribution < 1.29 is 0 Å². The average Bonchev–Trinajstić information content (AvgIpc) is 2.29. The Balaban J connectivity index is 2.61.